The van der Waals surface area contributed by atoms with E-state index in [4.69, 9.17) is 4.74 Å². The molecule has 0 saturated heterocycles. The van der Waals surface area contributed by atoms with E-state index in [0.717, 1.165) is 19.5 Å². The van der Waals surface area contributed by atoms with Crippen molar-refractivity contribution in [1.82, 2.24) is 10.2 Å². The fourth-order valence-electron chi connectivity index (χ4n) is 2.89. The molecule has 2 aromatic carbocycles. The second-order valence-corrected chi connectivity index (χ2v) is 6.74. The Labute approximate surface area is 171 Å². The van der Waals surface area contributed by atoms with Crippen LogP contribution in [0.2, 0.25) is 0 Å². The lowest BCUT2D eigenvalue weighted by molar-refractivity contribution is -0.384. The maximum Gasteiger partial charge on any atom is 0.293 e. The lowest BCUT2D eigenvalue weighted by atomic mass is 10.1. The summed E-state index contributed by atoms with van der Waals surface area (Å²) in [6, 6.07) is 14.6. The molecule has 29 heavy (non-hydrogen) atoms. The molecule has 0 saturated carbocycles. The van der Waals surface area contributed by atoms with Crippen LogP contribution in [0.1, 0.15) is 22.3 Å². The van der Waals surface area contributed by atoms with Crippen LogP contribution in [0.4, 0.5) is 11.4 Å². The highest BCUT2D eigenvalue weighted by atomic mass is 16.6. The van der Waals surface area contributed by atoms with Crippen LogP contribution in [-0.4, -0.2) is 56.1 Å². The number of rotatable bonds is 12. The van der Waals surface area contributed by atoms with Crippen molar-refractivity contribution < 1.29 is 14.5 Å². The van der Waals surface area contributed by atoms with E-state index >= 15 is 0 Å². The molecule has 0 aliphatic carbocycles. The second-order valence-electron chi connectivity index (χ2n) is 6.74. The number of benzene rings is 2. The molecular formula is C21H28N4O4. The molecule has 0 spiro atoms. The zero-order valence-electron chi connectivity index (χ0n) is 16.9. The molecule has 0 aliphatic heterocycles. The average Bonchev–Trinajstić information content (AvgIpc) is 2.72. The Kier molecular flexibility index (Phi) is 9.07. The van der Waals surface area contributed by atoms with Gasteiger partial charge in [0.05, 0.1) is 11.5 Å². The molecule has 8 nitrogen and oxygen atoms in total. The van der Waals surface area contributed by atoms with E-state index in [0.29, 0.717) is 25.4 Å². The summed E-state index contributed by atoms with van der Waals surface area (Å²) in [5.74, 6) is -0.317. The summed E-state index contributed by atoms with van der Waals surface area (Å²) in [5.41, 5.74) is 1.75. The molecule has 2 rings (SSSR count). The van der Waals surface area contributed by atoms with Crippen molar-refractivity contribution in [3.63, 3.8) is 0 Å². The lowest BCUT2D eigenvalue weighted by Gasteiger charge is -2.16. The number of ether oxygens (including phenoxy) is 1. The number of hydrogen-bond donors (Lipinski definition) is 2. The van der Waals surface area contributed by atoms with E-state index < -0.39 is 4.92 Å². The minimum Gasteiger partial charge on any atom is -0.383 e. The van der Waals surface area contributed by atoms with Gasteiger partial charge in [-0.2, -0.15) is 0 Å². The molecule has 0 unspecified atom stereocenters. The molecule has 2 aromatic rings. The number of nitro groups is 1. The first kappa shape index (κ1) is 22.3. The maximum atomic E-state index is 12.3. The van der Waals surface area contributed by atoms with Crippen LogP contribution >= 0.6 is 0 Å². The van der Waals surface area contributed by atoms with Crippen LogP contribution in [0.25, 0.3) is 0 Å². The summed E-state index contributed by atoms with van der Waals surface area (Å²) in [6.45, 7) is 3.05. The van der Waals surface area contributed by atoms with Gasteiger partial charge in [0.15, 0.2) is 0 Å². The van der Waals surface area contributed by atoms with Crippen LogP contribution in [-0.2, 0) is 11.3 Å². The monoisotopic (exact) mass is 400 g/mol. The molecule has 0 bridgehead atoms. The van der Waals surface area contributed by atoms with Gasteiger partial charge in [-0.25, -0.2) is 0 Å². The van der Waals surface area contributed by atoms with Crippen LogP contribution in [0.5, 0.6) is 0 Å². The van der Waals surface area contributed by atoms with Crippen molar-refractivity contribution in [2.45, 2.75) is 13.0 Å². The van der Waals surface area contributed by atoms with Crippen LogP contribution in [0, 0.1) is 10.1 Å². The van der Waals surface area contributed by atoms with E-state index in [1.165, 1.54) is 11.6 Å². The van der Waals surface area contributed by atoms with Crippen molar-refractivity contribution in [2.75, 3.05) is 45.7 Å². The van der Waals surface area contributed by atoms with E-state index in [1.54, 1.807) is 19.2 Å². The highest BCUT2D eigenvalue weighted by Crippen LogP contribution is 2.25. The molecule has 0 aliphatic rings. The number of methoxy groups -OCH3 is 1. The number of hydrogen-bond acceptors (Lipinski definition) is 6. The SMILES string of the molecule is COCCNc1ccc(C(=O)NCCCN(C)Cc2ccccc2)cc1[N+](=O)[O-]. The summed E-state index contributed by atoms with van der Waals surface area (Å²) >= 11 is 0. The third-order valence-corrected chi connectivity index (χ3v) is 4.38. The van der Waals surface area contributed by atoms with Crippen molar-refractivity contribution >= 4 is 17.3 Å². The zero-order valence-corrected chi connectivity index (χ0v) is 16.9. The maximum absolute atomic E-state index is 12.3. The van der Waals surface area contributed by atoms with Gasteiger partial charge >= 0.3 is 0 Å². The number of nitro benzene ring substituents is 1. The highest BCUT2D eigenvalue weighted by molar-refractivity contribution is 5.95. The summed E-state index contributed by atoms with van der Waals surface area (Å²) in [5, 5.41) is 17.1. The number of anilines is 1. The first-order valence-electron chi connectivity index (χ1n) is 9.53. The number of carbonyl (C=O) groups excluding carboxylic acids is 1. The van der Waals surface area contributed by atoms with Gasteiger partial charge in [0.1, 0.15) is 5.69 Å². The highest BCUT2D eigenvalue weighted by Gasteiger charge is 2.17. The fourth-order valence-corrected chi connectivity index (χ4v) is 2.89. The van der Waals surface area contributed by atoms with E-state index in [1.807, 2.05) is 25.2 Å². The molecule has 156 valence electrons. The Balaban J connectivity index is 1.82. The quantitative estimate of drug-likeness (QED) is 0.323. The van der Waals surface area contributed by atoms with Crippen molar-refractivity contribution in [2.24, 2.45) is 0 Å². The molecular weight excluding hydrogens is 372 g/mol. The Bertz CT molecular complexity index is 799. The second kappa shape index (κ2) is 11.8. The van der Waals surface area contributed by atoms with Gasteiger partial charge < -0.3 is 20.3 Å². The molecule has 0 atom stereocenters. The Hall–Kier alpha value is -2.97. The number of amides is 1. The third kappa shape index (κ3) is 7.52. The molecule has 0 radical (unpaired) electrons. The molecule has 0 heterocycles. The summed E-state index contributed by atoms with van der Waals surface area (Å²) in [4.78, 5) is 25.3. The minimum atomic E-state index is -0.496. The average molecular weight is 400 g/mol. The van der Waals surface area contributed by atoms with Gasteiger partial charge in [-0.1, -0.05) is 30.3 Å². The Morgan fingerprint density at radius 1 is 1.17 bits per heavy atom. The molecule has 8 heteroatoms. The Morgan fingerprint density at radius 2 is 1.93 bits per heavy atom. The molecule has 0 fully saturated rings. The summed E-state index contributed by atoms with van der Waals surface area (Å²) < 4.78 is 4.93. The minimum absolute atomic E-state index is 0.128. The van der Waals surface area contributed by atoms with Crippen molar-refractivity contribution in [3.8, 4) is 0 Å². The predicted molar refractivity (Wildman–Crippen MR) is 113 cm³/mol. The van der Waals surface area contributed by atoms with Crippen LogP contribution < -0.4 is 10.6 Å². The van der Waals surface area contributed by atoms with Gasteiger partial charge in [0, 0.05) is 38.4 Å². The van der Waals surface area contributed by atoms with Crippen LogP contribution in [0.15, 0.2) is 48.5 Å². The molecule has 0 aromatic heterocycles. The third-order valence-electron chi connectivity index (χ3n) is 4.38. The Morgan fingerprint density at radius 3 is 2.62 bits per heavy atom. The number of nitrogens with zero attached hydrogens (tertiary/aromatic N) is 2. The normalized spacial score (nSPS) is 10.7. The zero-order chi connectivity index (χ0) is 21.1. The van der Waals surface area contributed by atoms with E-state index in [2.05, 4.69) is 27.7 Å². The number of carbonyl (C=O) groups is 1. The van der Waals surface area contributed by atoms with Gasteiger partial charge in [-0.05, 0) is 37.7 Å². The molecule has 1 amide bonds. The van der Waals surface area contributed by atoms with Gasteiger partial charge in [-0.15, -0.1) is 0 Å². The van der Waals surface area contributed by atoms with E-state index in [9.17, 15) is 14.9 Å². The van der Waals surface area contributed by atoms with Crippen molar-refractivity contribution in [1.29, 1.82) is 0 Å². The van der Waals surface area contributed by atoms with E-state index in [-0.39, 0.29) is 17.2 Å². The largest absolute Gasteiger partial charge is 0.383 e. The lowest BCUT2D eigenvalue weighted by Crippen LogP contribution is -2.28. The van der Waals surface area contributed by atoms with Crippen LogP contribution in [0.3, 0.4) is 0 Å². The fraction of sp³-hybridized carbons (Fsp3) is 0.381. The van der Waals surface area contributed by atoms with Gasteiger partial charge in [0.2, 0.25) is 0 Å². The predicted octanol–water partition coefficient (Wildman–Crippen LogP) is 2.91. The topological polar surface area (TPSA) is 96.7 Å². The summed E-state index contributed by atoms with van der Waals surface area (Å²) in [7, 11) is 3.59. The van der Waals surface area contributed by atoms with Crippen molar-refractivity contribution in [3.05, 3.63) is 69.8 Å². The molecule has 2 N–H and O–H groups in total. The van der Waals surface area contributed by atoms with Gasteiger partial charge in [0.25, 0.3) is 11.6 Å². The standard InChI is InChI=1S/C21H28N4O4/c1-24(16-17-7-4-3-5-8-17)13-6-11-23-21(26)18-9-10-19(22-12-14-29-2)20(15-18)25(27)28/h3-5,7-10,15,22H,6,11-14,16H2,1-2H3,(H,23,26). The first-order valence-corrected chi connectivity index (χ1v) is 9.53. The smallest absolute Gasteiger partial charge is 0.293 e. The number of nitrogens with one attached hydrogen (secondary N) is 2. The van der Waals surface area contributed by atoms with Gasteiger partial charge in [-0.3, -0.25) is 14.9 Å². The first-order chi connectivity index (χ1) is 14.0. The summed E-state index contributed by atoms with van der Waals surface area (Å²) in [6.07, 6.45) is 0.786.